The highest BCUT2D eigenvalue weighted by atomic mass is 16.7. The van der Waals surface area contributed by atoms with Crippen LogP contribution < -0.4 is 5.32 Å². The van der Waals surface area contributed by atoms with Crippen molar-refractivity contribution in [1.29, 1.82) is 0 Å². The number of aliphatic hydroxyl groups is 3. The molecule has 2 bridgehead atoms. The van der Waals surface area contributed by atoms with Crippen LogP contribution >= 0.6 is 0 Å². The van der Waals surface area contributed by atoms with E-state index in [2.05, 4.69) is 5.32 Å². The van der Waals surface area contributed by atoms with Crippen LogP contribution in [0.1, 0.15) is 73.4 Å². The third kappa shape index (κ3) is 6.76. The molecule has 14 heteroatoms. The first-order valence-electron chi connectivity index (χ1n) is 19.6. The molecule has 1 aliphatic carbocycles. The topological polar surface area (TPSA) is 198 Å². The van der Waals surface area contributed by atoms with Crippen molar-refractivity contribution in [2.45, 2.75) is 89.0 Å². The lowest BCUT2D eigenvalue weighted by atomic mass is 9.49. The minimum atomic E-state index is -2.47. The molecule has 4 aliphatic rings. The minimum absolute atomic E-state index is 0.101. The second-order valence-corrected chi connectivity index (χ2v) is 16.8. The van der Waals surface area contributed by atoms with Crippen LogP contribution in [0.5, 0.6) is 0 Å². The summed E-state index contributed by atoms with van der Waals surface area (Å²) in [7, 11) is 1.46. The van der Waals surface area contributed by atoms with Crippen LogP contribution in [0.4, 0.5) is 0 Å². The summed E-state index contributed by atoms with van der Waals surface area (Å²) in [5.41, 5.74) is -3.29. The summed E-state index contributed by atoms with van der Waals surface area (Å²) in [4.78, 5) is 70.5. The van der Waals surface area contributed by atoms with Gasteiger partial charge in [-0.2, -0.15) is 0 Å². The Labute approximate surface area is 342 Å². The maximum absolute atomic E-state index is 15.2. The summed E-state index contributed by atoms with van der Waals surface area (Å²) < 4.78 is 24.5. The van der Waals surface area contributed by atoms with Crippen molar-refractivity contribution in [3.05, 3.63) is 119 Å². The van der Waals surface area contributed by atoms with Crippen molar-refractivity contribution in [3.63, 3.8) is 0 Å². The van der Waals surface area contributed by atoms with Gasteiger partial charge in [0, 0.05) is 37.9 Å². The Kier molecular flexibility index (Phi) is 10.9. The summed E-state index contributed by atoms with van der Waals surface area (Å²) in [5.74, 6) is -7.25. The number of nitrogens with zero attached hydrogens (tertiary/aromatic N) is 1. The molecule has 3 aliphatic heterocycles. The number of ether oxygens (including phenoxy) is 4. The average Bonchev–Trinajstić information content (AvgIpc) is 3.40. The molecule has 2 amide bonds. The van der Waals surface area contributed by atoms with Gasteiger partial charge < -0.3 is 44.5 Å². The lowest BCUT2D eigenvalue weighted by molar-refractivity contribution is -0.356. The molecule has 10 atom stereocenters. The first-order chi connectivity index (χ1) is 27.9. The highest BCUT2D eigenvalue weighted by Crippen LogP contribution is 2.65. The van der Waals surface area contributed by atoms with E-state index in [9.17, 15) is 34.5 Å². The maximum Gasteiger partial charge on any atom is 0.338 e. The van der Waals surface area contributed by atoms with Gasteiger partial charge in [-0.15, -0.1) is 0 Å². The van der Waals surface area contributed by atoms with Crippen molar-refractivity contribution in [1.82, 2.24) is 10.2 Å². The fraction of sp³-hybridized carbons (Fsp3) is 0.444. The third-order valence-electron chi connectivity index (χ3n) is 12.9. The molecular formula is C45H50N2O12. The fourth-order valence-electron chi connectivity index (χ4n) is 9.79. The van der Waals surface area contributed by atoms with E-state index in [-0.39, 0.29) is 30.7 Å². The number of esters is 2. The second kappa shape index (κ2) is 15.4. The van der Waals surface area contributed by atoms with Crippen LogP contribution in [0.25, 0.3) is 0 Å². The third-order valence-corrected chi connectivity index (χ3v) is 12.9. The Morgan fingerprint density at radius 1 is 0.915 bits per heavy atom. The van der Waals surface area contributed by atoms with Gasteiger partial charge in [0.25, 0.3) is 11.8 Å². The van der Waals surface area contributed by atoms with Gasteiger partial charge in [0.05, 0.1) is 35.6 Å². The van der Waals surface area contributed by atoms with E-state index in [4.69, 9.17) is 18.9 Å². The van der Waals surface area contributed by atoms with Gasteiger partial charge in [-0.3, -0.25) is 19.2 Å². The number of aliphatic hydroxyl groups excluding tert-OH is 2. The van der Waals surface area contributed by atoms with Crippen molar-refractivity contribution in [3.8, 4) is 0 Å². The smallest absolute Gasteiger partial charge is 0.338 e. The van der Waals surface area contributed by atoms with Crippen molar-refractivity contribution in [2.75, 3.05) is 20.2 Å². The zero-order chi connectivity index (χ0) is 42.7. The number of nitrogens with one attached hydrogen (secondary N) is 1. The quantitative estimate of drug-likeness (QED) is 0.173. The number of carbonyl (C=O) groups excluding carboxylic acids is 5. The van der Waals surface area contributed by atoms with Crippen LogP contribution in [0, 0.1) is 16.7 Å². The first kappa shape index (κ1) is 41.9. The molecule has 59 heavy (non-hydrogen) atoms. The van der Waals surface area contributed by atoms with E-state index in [1.807, 2.05) is 0 Å². The number of carbonyl (C=O) groups is 5. The minimum Gasteiger partial charge on any atom is -0.453 e. The molecule has 0 aromatic heterocycles. The summed E-state index contributed by atoms with van der Waals surface area (Å²) in [6, 6.07) is 23.9. The number of hydrogen-bond acceptors (Lipinski definition) is 12. The molecule has 2 unspecified atom stereocenters. The highest BCUT2D eigenvalue weighted by molar-refractivity contribution is 5.96. The number of likely N-dealkylation sites (N-methyl/N-ethyl adjacent to an activating group) is 1. The molecule has 4 N–H and O–H groups in total. The second-order valence-electron chi connectivity index (χ2n) is 16.8. The van der Waals surface area contributed by atoms with Gasteiger partial charge in [0.2, 0.25) is 5.79 Å². The molecule has 7 rings (SSSR count). The van der Waals surface area contributed by atoms with E-state index in [1.165, 1.54) is 37.9 Å². The molecule has 4 fully saturated rings. The van der Waals surface area contributed by atoms with Crippen LogP contribution in [0.15, 0.2) is 102 Å². The predicted molar refractivity (Wildman–Crippen MR) is 210 cm³/mol. The zero-order valence-electron chi connectivity index (χ0n) is 33.8. The van der Waals surface area contributed by atoms with Gasteiger partial charge in [0.1, 0.15) is 12.2 Å². The standard InChI is InChI=1S/C45H50N2O12/c1-25(23-47(6)40(53)34(50)33(27-16-10-7-11-17-27)46-39(52)28-18-12-8-13-19-28)32-35-37(51)43(5)30(49)22-31-44(24-56-31,58-26(2)48)36(43)38(45(55,59-35)42(32,3)4)57-41(54)29-20-14-9-15-21-29/h7-21,30-31,33-36,38,49-50,55H,22-24H2,1-6H3,(H,46,52)/b32-25-/t30-,31+,33-,34+,35-,36?,38?,43+,44-,45-/m0/s1. The molecule has 0 radical (unpaired) electrons. The number of rotatable bonds is 10. The van der Waals surface area contributed by atoms with E-state index >= 15 is 4.79 Å². The lowest BCUT2D eigenvalue weighted by Gasteiger charge is -2.63. The molecule has 312 valence electrons. The molecule has 3 aromatic rings. The average molecular weight is 811 g/mol. The van der Waals surface area contributed by atoms with E-state index in [0.29, 0.717) is 16.7 Å². The van der Waals surface area contributed by atoms with Crippen LogP contribution in [-0.4, -0.2) is 112 Å². The summed E-state index contributed by atoms with van der Waals surface area (Å²) >= 11 is 0. The number of Topliss-reactive ketones (excluding diaryl/α,β-unsaturated/α-hetero) is 1. The molecule has 14 nitrogen and oxygen atoms in total. The van der Waals surface area contributed by atoms with Crippen molar-refractivity contribution >= 4 is 29.5 Å². The van der Waals surface area contributed by atoms with Crippen LogP contribution in [-0.2, 0) is 33.3 Å². The van der Waals surface area contributed by atoms with E-state index < -0.39 is 94.2 Å². The molecule has 0 spiro atoms. The van der Waals surface area contributed by atoms with Gasteiger partial charge in [0.15, 0.2) is 23.6 Å². The molecule has 3 aromatic carbocycles. The SMILES string of the molecule is CC(=O)O[C@@]12CO[C@@H]1C[C@H](O)[C@@]1(C)C(=O)[C@H]3O[C@@](O)(C(OC(=O)c4ccccc4)C12)C(C)(C)/C3=C(/C)CN(C)C(=O)[C@H](O)[C@@H](NC(=O)c1ccccc1)c1ccccc1. The summed E-state index contributed by atoms with van der Waals surface area (Å²) in [6.07, 6.45) is -7.37. The molecule has 3 heterocycles. The number of fused-ring (bicyclic) bond motifs is 5. The Morgan fingerprint density at radius 2 is 1.49 bits per heavy atom. The predicted octanol–water partition coefficient (Wildman–Crippen LogP) is 3.30. The van der Waals surface area contributed by atoms with Gasteiger partial charge >= 0.3 is 11.9 Å². The van der Waals surface area contributed by atoms with Crippen LogP contribution in [0.3, 0.4) is 0 Å². The van der Waals surface area contributed by atoms with Crippen molar-refractivity contribution in [2.24, 2.45) is 16.7 Å². The number of amides is 2. The van der Waals surface area contributed by atoms with Gasteiger partial charge in [-0.05, 0) is 49.2 Å². The first-order valence-corrected chi connectivity index (χ1v) is 19.6. The monoisotopic (exact) mass is 810 g/mol. The Hall–Kier alpha value is -5.25. The molecule has 3 saturated heterocycles. The van der Waals surface area contributed by atoms with Gasteiger partial charge in [-0.1, -0.05) is 86.2 Å². The Balaban J connectivity index is 1.27. The highest BCUT2D eigenvalue weighted by Gasteiger charge is 2.80. The lowest BCUT2D eigenvalue weighted by Crippen LogP contribution is -2.79. The number of ketones is 1. The normalized spacial score (nSPS) is 32.2. The Bertz CT molecular complexity index is 2160. The fourth-order valence-corrected chi connectivity index (χ4v) is 9.79. The van der Waals surface area contributed by atoms with Crippen LogP contribution in [0.2, 0.25) is 0 Å². The maximum atomic E-state index is 15.2. The molecule has 1 saturated carbocycles. The van der Waals surface area contributed by atoms with Gasteiger partial charge in [-0.25, -0.2) is 4.79 Å². The molecular weight excluding hydrogens is 760 g/mol. The number of benzene rings is 3. The Morgan fingerprint density at radius 3 is 2.05 bits per heavy atom. The van der Waals surface area contributed by atoms with E-state index in [1.54, 1.807) is 99.6 Å². The zero-order valence-corrected chi connectivity index (χ0v) is 33.8. The van der Waals surface area contributed by atoms with Crippen molar-refractivity contribution < 1.29 is 58.2 Å². The summed E-state index contributed by atoms with van der Waals surface area (Å²) in [6.45, 7) is 7.25. The largest absolute Gasteiger partial charge is 0.453 e. The summed E-state index contributed by atoms with van der Waals surface area (Å²) in [5, 5.41) is 39.3. The van der Waals surface area contributed by atoms with E-state index in [0.717, 1.165) is 0 Å². The number of hydrogen-bond donors (Lipinski definition) is 4.